The number of esters is 2. The second-order valence-corrected chi connectivity index (χ2v) is 12.1. The fourth-order valence-corrected chi connectivity index (χ4v) is 3.94. The molecule has 0 saturated heterocycles. The van der Waals surface area contributed by atoms with Gasteiger partial charge in [-0.1, -0.05) is 57.6 Å². The average molecular weight is 541 g/mol. The van der Waals surface area contributed by atoms with Crippen LogP contribution < -0.4 is 0 Å². The van der Waals surface area contributed by atoms with E-state index in [4.69, 9.17) is 9.47 Å². The summed E-state index contributed by atoms with van der Waals surface area (Å²) < 4.78 is 10.5. The van der Waals surface area contributed by atoms with Crippen molar-refractivity contribution in [1.82, 2.24) is 0 Å². The van der Waals surface area contributed by atoms with Crippen molar-refractivity contribution >= 4 is 23.7 Å². The van der Waals surface area contributed by atoms with Crippen LogP contribution in [0.1, 0.15) is 132 Å². The van der Waals surface area contributed by atoms with Gasteiger partial charge in [0, 0.05) is 12.8 Å². The summed E-state index contributed by atoms with van der Waals surface area (Å²) in [5, 5.41) is 21.1. The number of carbonyl (C=O) groups excluding carboxylic acids is 3. The Hall–Kier alpha value is -2.22. The van der Waals surface area contributed by atoms with E-state index in [2.05, 4.69) is 6.92 Å². The molecule has 220 valence electrons. The third kappa shape index (κ3) is 16.6. The lowest BCUT2D eigenvalue weighted by atomic mass is 9.83. The zero-order chi connectivity index (χ0) is 29.4. The molecule has 0 aromatic carbocycles. The second kappa shape index (κ2) is 17.4. The summed E-state index contributed by atoms with van der Waals surface area (Å²) in [7, 11) is 0. The summed E-state index contributed by atoms with van der Waals surface area (Å²) in [5.41, 5.74) is -4.50. The number of unbranched alkanes of at least 4 members (excludes halogenated alkanes) is 8. The molecule has 2 N–H and O–H groups in total. The highest BCUT2D eigenvalue weighted by Crippen LogP contribution is 2.29. The van der Waals surface area contributed by atoms with E-state index in [0.29, 0.717) is 25.0 Å². The summed E-state index contributed by atoms with van der Waals surface area (Å²) in [4.78, 5) is 49.4. The third-order valence-electron chi connectivity index (χ3n) is 5.83. The van der Waals surface area contributed by atoms with Crippen LogP contribution in [0, 0.1) is 5.92 Å². The van der Waals surface area contributed by atoms with Gasteiger partial charge >= 0.3 is 17.9 Å². The highest BCUT2D eigenvalue weighted by atomic mass is 16.6. The number of aliphatic hydroxyl groups is 1. The highest BCUT2D eigenvalue weighted by molar-refractivity contribution is 5.92. The first kappa shape index (κ1) is 35.8. The third-order valence-corrected chi connectivity index (χ3v) is 5.83. The molecule has 0 aliphatic rings. The number of carboxylic acids is 1. The fraction of sp³-hybridized carbons (Fsp3) is 0.800. The number of hydrogen-bond acceptors (Lipinski definition) is 7. The van der Waals surface area contributed by atoms with Crippen molar-refractivity contribution in [2.75, 3.05) is 0 Å². The van der Waals surface area contributed by atoms with Gasteiger partial charge in [-0.3, -0.25) is 14.4 Å². The lowest BCUT2D eigenvalue weighted by Crippen LogP contribution is -2.53. The number of aliphatic carboxylic acids is 1. The molecule has 0 radical (unpaired) electrons. The Labute approximate surface area is 229 Å². The van der Waals surface area contributed by atoms with Gasteiger partial charge in [0.2, 0.25) is 0 Å². The first-order valence-corrected chi connectivity index (χ1v) is 14.1. The predicted octanol–water partition coefficient (Wildman–Crippen LogP) is 6.32. The molecule has 0 fully saturated rings. The smallest absolute Gasteiger partial charge is 0.340 e. The summed E-state index contributed by atoms with van der Waals surface area (Å²) >= 11 is 0. The van der Waals surface area contributed by atoms with Crippen molar-refractivity contribution in [3.63, 3.8) is 0 Å². The molecule has 0 amide bonds. The molecule has 8 heteroatoms. The van der Waals surface area contributed by atoms with Crippen molar-refractivity contribution in [2.24, 2.45) is 5.92 Å². The van der Waals surface area contributed by atoms with Crippen molar-refractivity contribution in [1.29, 1.82) is 0 Å². The first-order valence-electron chi connectivity index (χ1n) is 14.1. The molecule has 0 aliphatic carbocycles. The first-order chi connectivity index (χ1) is 17.5. The molecule has 0 aromatic rings. The normalized spacial score (nSPS) is 14.6. The van der Waals surface area contributed by atoms with Gasteiger partial charge < -0.3 is 19.7 Å². The zero-order valence-corrected chi connectivity index (χ0v) is 24.8. The molecule has 0 bridgehead atoms. The van der Waals surface area contributed by atoms with Gasteiger partial charge in [-0.25, -0.2) is 4.79 Å². The van der Waals surface area contributed by atoms with Crippen LogP contribution in [0.15, 0.2) is 12.2 Å². The summed E-state index contributed by atoms with van der Waals surface area (Å²) in [6.45, 7) is 11.8. The zero-order valence-electron chi connectivity index (χ0n) is 24.8. The van der Waals surface area contributed by atoms with Crippen LogP contribution in [-0.4, -0.2) is 50.7 Å². The molecule has 0 heterocycles. The van der Waals surface area contributed by atoms with Crippen molar-refractivity contribution in [3.8, 4) is 0 Å². The van der Waals surface area contributed by atoms with E-state index in [1.54, 1.807) is 47.6 Å². The SMILES string of the molecule is CCCCCCCC(=O)CCCCCC/C=C/[C@H](C(=O)O)[C@@](O)(CC(=O)OC(C)(C)C)C(=O)OC(C)(C)C. The lowest BCUT2D eigenvalue weighted by Gasteiger charge is -2.33. The maximum Gasteiger partial charge on any atom is 0.340 e. The van der Waals surface area contributed by atoms with Crippen LogP contribution in [0.5, 0.6) is 0 Å². The molecule has 0 aromatic heterocycles. The van der Waals surface area contributed by atoms with Gasteiger partial charge in [0.05, 0.1) is 6.42 Å². The molecular formula is C30H52O8. The Kier molecular flexibility index (Phi) is 16.4. The van der Waals surface area contributed by atoms with Gasteiger partial charge in [0.1, 0.15) is 22.9 Å². The minimum absolute atomic E-state index is 0.317. The molecule has 2 atom stereocenters. The van der Waals surface area contributed by atoms with Gasteiger partial charge in [-0.05, 0) is 67.2 Å². The van der Waals surface area contributed by atoms with Crippen molar-refractivity contribution in [2.45, 2.75) is 149 Å². The number of hydrogen-bond donors (Lipinski definition) is 2. The highest BCUT2D eigenvalue weighted by Gasteiger charge is 2.51. The van der Waals surface area contributed by atoms with Gasteiger partial charge in [0.15, 0.2) is 5.60 Å². The molecule has 0 unspecified atom stereocenters. The van der Waals surface area contributed by atoms with E-state index >= 15 is 0 Å². The molecule has 0 rings (SSSR count). The average Bonchev–Trinajstić information content (AvgIpc) is 2.74. The van der Waals surface area contributed by atoms with Gasteiger partial charge in [-0.2, -0.15) is 0 Å². The molecule has 0 aliphatic heterocycles. The maximum atomic E-state index is 12.9. The molecule has 0 saturated carbocycles. The quantitative estimate of drug-likeness (QED) is 0.111. The molecular weight excluding hydrogens is 488 g/mol. The van der Waals surface area contributed by atoms with E-state index in [1.807, 2.05) is 0 Å². The van der Waals surface area contributed by atoms with Crippen molar-refractivity contribution < 1.29 is 38.9 Å². The Morgan fingerprint density at radius 2 is 1.26 bits per heavy atom. The van der Waals surface area contributed by atoms with E-state index in [1.165, 1.54) is 25.3 Å². The summed E-state index contributed by atoms with van der Waals surface area (Å²) in [5.74, 6) is -4.92. The summed E-state index contributed by atoms with van der Waals surface area (Å²) in [6.07, 6.45) is 12.9. The van der Waals surface area contributed by atoms with Crippen LogP contribution >= 0.6 is 0 Å². The topological polar surface area (TPSA) is 127 Å². The van der Waals surface area contributed by atoms with Gasteiger partial charge in [-0.15, -0.1) is 0 Å². The van der Waals surface area contributed by atoms with Crippen LogP contribution in [0.3, 0.4) is 0 Å². The van der Waals surface area contributed by atoms with E-state index in [9.17, 15) is 29.4 Å². The van der Waals surface area contributed by atoms with Crippen LogP contribution in [0.25, 0.3) is 0 Å². The Bertz CT molecular complexity index is 772. The number of carbonyl (C=O) groups is 4. The second-order valence-electron chi connectivity index (χ2n) is 12.1. The minimum atomic E-state index is -2.63. The number of rotatable bonds is 19. The van der Waals surface area contributed by atoms with E-state index in [-0.39, 0.29) is 0 Å². The van der Waals surface area contributed by atoms with E-state index < -0.39 is 47.0 Å². The van der Waals surface area contributed by atoms with Crippen LogP contribution in [0.2, 0.25) is 0 Å². The fourth-order valence-electron chi connectivity index (χ4n) is 3.94. The number of allylic oxidation sites excluding steroid dienone is 1. The van der Waals surface area contributed by atoms with Crippen molar-refractivity contribution in [3.05, 3.63) is 12.2 Å². The van der Waals surface area contributed by atoms with Gasteiger partial charge in [0.25, 0.3) is 0 Å². The number of carboxylic acid groups (broad SMARTS) is 1. The maximum absolute atomic E-state index is 12.9. The predicted molar refractivity (Wildman–Crippen MR) is 148 cm³/mol. The standard InChI is InChI=1S/C30H52O8/c1-8-9-10-13-16-19-23(31)20-17-14-11-12-15-18-21-24(26(33)34)30(36,27(35)38-29(5,6)7)22-25(32)37-28(2,3)4/h18,21,24,36H,8-17,19-20,22H2,1-7H3,(H,33,34)/b21-18+/t24-,30+/m1/s1. The lowest BCUT2D eigenvalue weighted by molar-refractivity contribution is -0.192. The Morgan fingerprint density at radius 3 is 1.74 bits per heavy atom. The van der Waals surface area contributed by atoms with Crippen LogP contribution in [-0.2, 0) is 28.7 Å². The summed E-state index contributed by atoms with van der Waals surface area (Å²) in [6, 6.07) is 0. The largest absolute Gasteiger partial charge is 0.481 e. The number of ether oxygens (including phenoxy) is 2. The Balaban J connectivity index is 4.95. The van der Waals surface area contributed by atoms with Crippen LogP contribution in [0.4, 0.5) is 0 Å². The Morgan fingerprint density at radius 1 is 0.763 bits per heavy atom. The monoisotopic (exact) mass is 540 g/mol. The molecule has 8 nitrogen and oxygen atoms in total. The number of ketones is 1. The molecule has 38 heavy (non-hydrogen) atoms. The molecule has 0 spiro atoms. The minimum Gasteiger partial charge on any atom is -0.481 e. The number of Topliss-reactive ketones (excluding diaryl/α,β-unsaturated/α-hetero) is 1. The van der Waals surface area contributed by atoms with E-state index in [0.717, 1.165) is 38.5 Å².